The van der Waals surface area contributed by atoms with Crippen molar-refractivity contribution in [3.05, 3.63) is 53.1 Å². The lowest BCUT2D eigenvalue weighted by atomic mass is 9.96. The Morgan fingerprint density at radius 3 is 2.08 bits per heavy atom. The first-order valence-corrected chi connectivity index (χ1v) is 14.6. The summed E-state index contributed by atoms with van der Waals surface area (Å²) in [4.78, 5) is 2.32. The summed E-state index contributed by atoms with van der Waals surface area (Å²) in [5.41, 5.74) is 2.89. The summed E-state index contributed by atoms with van der Waals surface area (Å²) in [5.74, 6) is 1.26. The van der Waals surface area contributed by atoms with Gasteiger partial charge in [-0.3, -0.25) is 4.58 Å². The number of halogens is 1. The summed E-state index contributed by atoms with van der Waals surface area (Å²) >= 11 is 0. The highest BCUT2D eigenvalue weighted by atomic mass is 79.9. The number of fused-ring (bicyclic) bond motifs is 1. The second kappa shape index (κ2) is 16.5. The monoisotopic (exact) mass is 558 g/mol. The molecule has 2 heterocycles. The second-order valence-electron chi connectivity index (χ2n) is 10.8. The van der Waals surface area contributed by atoms with Crippen LogP contribution in [0.1, 0.15) is 116 Å². The molecule has 3 rings (SSSR count). The maximum Gasteiger partial charge on any atom is 0.277 e. The topological polar surface area (TPSA) is 26.5 Å². The summed E-state index contributed by atoms with van der Waals surface area (Å²) in [5, 5.41) is 11.8. The molecule has 1 aromatic rings. The normalized spacial score (nSPS) is 19.8. The third kappa shape index (κ3) is 8.58. The molecule has 0 amide bonds. The van der Waals surface area contributed by atoms with Crippen LogP contribution in [0.5, 0.6) is 0 Å². The lowest BCUT2D eigenvalue weighted by Crippen LogP contribution is -3.00. The van der Waals surface area contributed by atoms with Crippen molar-refractivity contribution in [2.45, 2.75) is 116 Å². The van der Waals surface area contributed by atoms with Crippen LogP contribution in [0.4, 0.5) is 0 Å². The largest absolute Gasteiger partial charge is 1.00 e. The first-order valence-electron chi connectivity index (χ1n) is 14.6. The fourth-order valence-electron chi connectivity index (χ4n) is 5.87. The molecule has 2 aliphatic heterocycles. The van der Waals surface area contributed by atoms with Crippen LogP contribution >= 0.6 is 0 Å². The van der Waals surface area contributed by atoms with Crippen molar-refractivity contribution in [3.63, 3.8) is 0 Å². The van der Waals surface area contributed by atoms with Gasteiger partial charge in [0.1, 0.15) is 6.54 Å². The molecule has 0 spiro atoms. The molecule has 0 bridgehead atoms. The Bertz CT molecular complexity index is 860. The lowest BCUT2D eigenvalue weighted by Gasteiger charge is -2.34. The van der Waals surface area contributed by atoms with Crippen molar-refractivity contribution in [2.24, 2.45) is 0 Å². The van der Waals surface area contributed by atoms with Gasteiger partial charge in [0.05, 0.1) is 13.1 Å². The molecule has 0 aliphatic carbocycles. The van der Waals surface area contributed by atoms with Crippen LogP contribution in [0.15, 0.2) is 47.6 Å². The van der Waals surface area contributed by atoms with Crippen LogP contribution in [-0.2, 0) is 0 Å². The first kappa shape index (κ1) is 30.8. The SMILES string of the molecule is CCCCCCCCCCCCCCC1(O)C(C)=C(C)C2=[N+](C/C=C/c3ccccc3)CCCN21.[Br-]. The Kier molecular flexibility index (Phi) is 14.1. The average Bonchev–Trinajstić information content (AvgIpc) is 3.07. The number of nitrogens with zero attached hydrogens (tertiary/aromatic N) is 2. The van der Waals surface area contributed by atoms with Gasteiger partial charge < -0.3 is 22.1 Å². The minimum Gasteiger partial charge on any atom is -1.00 e. The Balaban J connectivity index is 0.00000456. The zero-order valence-electron chi connectivity index (χ0n) is 23.3. The van der Waals surface area contributed by atoms with Gasteiger partial charge >= 0.3 is 0 Å². The van der Waals surface area contributed by atoms with Gasteiger partial charge in [-0.05, 0) is 31.9 Å². The predicted molar refractivity (Wildman–Crippen MR) is 151 cm³/mol. The van der Waals surface area contributed by atoms with Crippen LogP contribution in [0.3, 0.4) is 0 Å². The second-order valence-corrected chi connectivity index (χ2v) is 10.8. The number of amidine groups is 1. The minimum atomic E-state index is -0.792. The molecule has 0 saturated carbocycles. The number of unbranched alkanes of at least 4 members (excludes halogenated alkanes) is 11. The van der Waals surface area contributed by atoms with Gasteiger partial charge in [-0.1, -0.05) is 114 Å². The molecular weight excluding hydrogens is 508 g/mol. The molecule has 2 aliphatic rings. The summed E-state index contributed by atoms with van der Waals surface area (Å²) in [7, 11) is 0. The highest BCUT2D eigenvalue weighted by molar-refractivity contribution is 5.98. The van der Waals surface area contributed by atoms with Crippen molar-refractivity contribution < 1.29 is 26.7 Å². The quantitative estimate of drug-likeness (QED) is 0.229. The number of hydrogen-bond acceptors (Lipinski definition) is 2. The smallest absolute Gasteiger partial charge is 0.277 e. The van der Waals surface area contributed by atoms with E-state index < -0.39 is 5.72 Å². The van der Waals surface area contributed by atoms with Gasteiger partial charge in [0.25, 0.3) is 5.84 Å². The fourth-order valence-corrected chi connectivity index (χ4v) is 5.87. The molecule has 0 aromatic heterocycles. The molecule has 0 fully saturated rings. The molecule has 1 unspecified atom stereocenters. The lowest BCUT2D eigenvalue weighted by molar-refractivity contribution is -0.529. The van der Waals surface area contributed by atoms with Gasteiger partial charge in [-0.25, -0.2) is 4.90 Å². The van der Waals surface area contributed by atoms with Crippen molar-refractivity contribution in [1.82, 2.24) is 4.90 Å². The molecule has 3 nitrogen and oxygen atoms in total. The first-order chi connectivity index (χ1) is 17.1. The maximum atomic E-state index is 11.8. The van der Waals surface area contributed by atoms with E-state index in [-0.39, 0.29) is 17.0 Å². The Hall–Kier alpha value is -1.39. The molecule has 1 aromatic carbocycles. The zero-order chi connectivity index (χ0) is 24.9. The van der Waals surface area contributed by atoms with Crippen molar-refractivity contribution in [3.8, 4) is 0 Å². The number of rotatable bonds is 16. The van der Waals surface area contributed by atoms with Gasteiger partial charge in [-0.15, -0.1) is 0 Å². The number of hydrogen-bond donors (Lipinski definition) is 1. The molecule has 36 heavy (non-hydrogen) atoms. The Labute approximate surface area is 232 Å². The zero-order valence-corrected chi connectivity index (χ0v) is 24.9. The average molecular weight is 560 g/mol. The molecule has 0 radical (unpaired) electrons. The Morgan fingerprint density at radius 2 is 1.47 bits per heavy atom. The summed E-state index contributed by atoms with van der Waals surface area (Å²) in [6, 6.07) is 10.5. The van der Waals surface area contributed by atoms with Crippen LogP contribution in [0.25, 0.3) is 6.08 Å². The van der Waals surface area contributed by atoms with E-state index in [0.717, 1.165) is 44.5 Å². The maximum absolute atomic E-state index is 11.8. The van der Waals surface area contributed by atoms with Gasteiger partial charge in [-0.2, -0.15) is 0 Å². The van der Waals surface area contributed by atoms with E-state index in [1.165, 1.54) is 87.6 Å². The van der Waals surface area contributed by atoms with E-state index in [1.807, 2.05) is 0 Å². The minimum absolute atomic E-state index is 0. The number of aliphatic hydroxyl groups is 1. The molecule has 4 heteroatoms. The van der Waals surface area contributed by atoms with Gasteiger partial charge in [0.15, 0.2) is 0 Å². The molecular formula is C32H51BrN2O. The fraction of sp³-hybridized carbons (Fsp3) is 0.656. The van der Waals surface area contributed by atoms with E-state index in [2.05, 4.69) is 72.7 Å². The Morgan fingerprint density at radius 1 is 0.889 bits per heavy atom. The summed E-state index contributed by atoms with van der Waals surface area (Å²) in [6.07, 6.45) is 22.6. The van der Waals surface area contributed by atoms with Crippen LogP contribution in [0.2, 0.25) is 0 Å². The summed E-state index contributed by atoms with van der Waals surface area (Å²) < 4.78 is 2.46. The van der Waals surface area contributed by atoms with E-state index >= 15 is 0 Å². The van der Waals surface area contributed by atoms with E-state index in [9.17, 15) is 5.11 Å². The van der Waals surface area contributed by atoms with Gasteiger partial charge in [0.2, 0.25) is 5.72 Å². The standard InChI is InChI=1S/C32H51N2O.BrH/c1-4-5-6-7-8-9-10-11-12-13-14-18-24-32(35)29(3)28(2)31-33(26-20-27-34(31)32)25-19-23-30-21-16-15-17-22-30;/h15-17,19,21-23,35H,4-14,18,20,24-27H2,1-3H3;1H/q+1;/p-1/b23-19+;. The molecule has 0 saturated heterocycles. The third-order valence-electron chi connectivity index (χ3n) is 8.12. The van der Waals surface area contributed by atoms with E-state index in [4.69, 9.17) is 0 Å². The van der Waals surface area contributed by atoms with Crippen molar-refractivity contribution in [1.29, 1.82) is 0 Å². The summed E-state index contributed by atoms with van der Waals surface area (Å²) in [6.45, 7) is 9.55. The van der Waals surface area contributed by atoms with Crippen LogP contribution in [-0.4, -0.2) is 45.8 Å². The number of benzene rings is 1. The van der Waals surface area contributed by atoms with E-state index in [1.54, 1.807) is 0 Å². The van der Waals surface area contributed by atoms with E-state index in [0.29, 0.717) is 0 Å². The predicted octanol–water partition coefficient (Wildman–Crippen LogP) is 4.95. The van der Waals surface area contributed by atoms with Crippen LogP contribution < -0.4 is 17.0 Å². The highest BCUT2D eigenvalue weighted by Crippen LogP contribution is 2.39. The van der Waals surface area contributed by atoms with Crippen molar-refractivity contribution in [2.75, 3.05) is 19.6 Å². The molecule has 1 atom stereocenters. The third-order valence-corrected chi connectivity index (χ3v) is 8.12. The molecule has 202 valence electrons. The van der Waals surface area contributed by atoms with Gasteiger partial charge in [0, 0.05) is 24.0 Å². The van der Waals surface area contributed by atoms with Crippen molar-refractivity contribution >= 4 is 11.9 Å². The molecule has 1 N–H and O–H groups in total. The highest BCUT2D eigenvalue weighted by Gasteiger charge is 2.53. The van der Waals surface area contributed by atoms with Crippen LogP contribution in [0, 0.1) is 0 Å².